The lowest BCUT2D eigenvalue weighted by molar-refractivity contribution is -0.255. The molecule has 0 aliphatic heterocycles. The van der Waals surface area contributed by atoms with Crippen molar-refractivity contribution in [1.82, 2.24) is 0 Å². The van der Waals surface area contributed by atoms with Crippen molar-refractivity contribution in [1.29, 1.82) is 0 Å². The number of carboxylic acid groups (broad SMARTS) is 1. The Hall–Kier alpha value is -1.72. The molecule has 1 aromatic rings. The van der Waals surface area contributed by atoms with Crippen LogP contribution in [-0.4, -0.2) is 11.6 Å². The van der Waals surface area contributed by atoms with Crippen LogP contribution in [0.5, 0.6) is 5.75 Å². The number of hydrogen-bond donors (Lipinski definition) is 0. The van der Waals surface area contributed by atoms with Crippen LogP contribution in [0, 0.1) is 0 Å². The number of alkyl halides is 3. The quantitative estimate of drug-likeness (QED) is 0.858. The number of aromatic carboxylic acids is 1. The summed E-state index contributed by atoms with van der Waals surface area (Å²) in [6.07, 6.45) is -0.857. The van der Waals surface area contributed by atoms with E-state index in [1.54, 1.807) is 0 Å². The lowest BCUT2D eigenvalue weighted by Gasteiger charge is -2.30. The number of carbonyl (C=O) groups is 1. The highest BCUT2D eigenvalue weighted by molar-refractivity contribution is 5.86. The minimum atomic E-state index is -4.59. The van der Waals surface area contributed by atoms with Crippen molar-refractivity contribution in [2.75, 3.05) is 0 Å². The summed E-state index contributed by atoms with van der Waals surface area (Å²) in [4.78, 5) is 10.9. The highest BCUT2D eigenvalue weighted by Crippen LogP contribution is 2.42. The van der Waals surface area contributed by atoms with Gasteiger partial charge in [-0.3, -0.25) is 0 Å². The molecule has 0 unspecified atom stereocenters. The predicted molar refractivity (Wildman–Crippen MR) is 67.9 cm³/mol. The van der Waals surface area contributed by atoms with Crippen LogP contribution in [0.1, 0.15) is 54.9 Å². The first kappa shape index (κ1) is 15.7. The molecule has 0 saturated heterocycles. The van der Waals surface area contributed by atoms with Crippen molar-refractivity contribution in [3.63, 3.8) is 0 Å². The van der Waals surface area contributed by atoms with Gasteiger partial charge in [-0.15, -0.1) is 0 Å². The van der Waals surface area contributed by atoms with Crippen LogP contribution in [0.15, 0.2) is 18.2 Å². The Morgan fingerprint density at radius 2 is 1.95 bits per heavy atom. The molecule has 0 atom stereocenters. The summed E-state index contributed by atoms with van der Waals surface area (Å²) in [5.74, 6) is -1.95. The number of carbonyl (C=O) groups excluding carboxylic acids is 1. The highest BCUT2D eigenvalue weighted by atomic mass is 19.4. The maximum atomic E-state index is 13.0. The van der Waals surface area contributed by atoms with Crippen LogP contribution in [0.2, 0.25) is 0 Å². The maximum Gasteiger partial charge on any atom is 0.419 e. The van der Waals surface area contributed by atoms with Gasteiger partial charge in [-0.05, 0) is 44.2 Å². The number of halogens is 3. The fourth-order valence-corrected chi connectivity index (χ4v) is 2.75. The third-order valence-electron chi connectivity index (χ3n) is 4.01. The van der Waals surface area contributed by atoms with Gasteiger partial charge in [0.25, 0.3) is 0 Å². The van der Waals surface area contributed by atoms with Gasteiger partial charge in [0.15, 0.2) is 0 Å². The molecule has 0 amide bonds. The second kappa shape index (κ2) is 5.58. The van der Waals surface area contributed by atoms with E-state index < -0.39 is 29.1 Å². The van der Waals surface area contributed by atoms with Gasteiger partial charge in [-0.2, -0.15) is 13.2 Å². The third kappa shape index (κ3) is 3.31. The normalized spacial score (nSPS) is 17.7. The van der Waals surface area contributed by atoms with Crippen molar-refractivity contribution < 1.29 is 27.8 Å². The summed E-state index contributed by atoms with van der Waals surface area (Å²) < 4.78 is 44.8. The largest absolute Gasteiger partial charge is 0.545 e. The standard InChI is InChI=1S/C15H17F3O3/c1-2-14(7-3-4-8-14)21-12-9-10(13(19)20)5-6-11(12)15(16,17)18/h5-6,9H,2-4,7-8H2,1H3,(H,19,20)/p-1. The maximum absolute atomic E-state index is 13.0. The molecule has 0 radical (unpaired) electrons. The predicted octanol–water partition coefficient (Wildman–Crippen LogP) is 3.17. The Labute approximate surface area is 120 Å². The Kier molecular flexibility index (Phi) is 4.16. The van der Waals surface area contributed by atoms with Crippen LogP contribution in [0.4, 0.5) is 13.2 Å². The van der Waals surface area contributed by atoms with Gasteiger partial charge in [-0.1, -0.05) is 13.0 Å². The molecule has 1 aliphatic rings. The van der Waals surface area contributed by atoms with Crippen molar-refractivity contribution in [2.24, 2.45) is 0 Å². The molecule has 3 nitrogen and oxygen atoms in total. The molecular weight excluding hydrogens is 285 g/mol. The molecule has 1 saturated carbocycles. The van der Waals surface area contributed by atoms with Gasteiger partial charge in [0.1, 0.15) is 11.4 Å². The first-order chi connectivity index (χ1) is 9.77. The zero-order valence-corrected chi connectivity index (χ0v) is 11.6. The molecule has 21 heavy (non-hydrogen) atoms. The number of rotatable bonds is 4. The minimum Gasteiger partial charge on any atom is -0.545 e. The zero-order chi connectivity index (χ0) is 15.7. The first-order valence-corrected chi connectivity index (χ1v) is 6.89. The molecule has 6 heteroatoms. The van der Waals surface area contributed by atoms with E-state index in [0.29, 0.717) is 19.3 Å². The summed E-state index contributed by atoms with van der Waals surface area (Å²) in [7, 11) is 0. The van der Waals surface area contributed by atoms with Crippen LogP contribution < -0.4 is 9.84 Å². The summed E-state index contributed by atoms with van der Waals surface area (Å²) in [5.41, 5.74) is -1.90. The molecule has 0 aromatic heterocycles. The molecule has 0 heterocycles. The van der Waals surface area contributed by atoms with E-state index >= 15 is 0 Å². The average Bonchev–Trinajstić information content (AvgIpc) is 2.86. The van der Waals surface area contributed by atoms with Gasteiger partial charge in [0.05, 0.1) is 11.5 Å². The molecule has 0 spiro atoms. The van der Waals surface area contributed by atoms with Crippen LogP contribution >= 0.6 is 0 Å². The topological polar surface area (TPSA) is 49.4 Å². The van der Waals surface area contributed by atoms with Crippen LogP contribution in [0.25, 0.3) is 0 Å². The van der Waals surface area contributed by atoms with E-state index in [-0.39, 0.29) is 5.56 Å². The van der Waals surface area contributed by atoms with E-state index in [9.17, 15) is 23.1 Å². The summed E-state index contributed by atoms with van der Waals surface area (Å²) in [6.45, 7) is 1.86. The molecule has 1 aromatic carbocycles. The van der Waals surface area contributed by atoms with Crippen molar-refractivity contribution in [3.05, 3.63) is 29.3 Å². The molecule has 1 aliphatic carbocycles. The molecule has 0 bridgehead atoms. The molecule has 0 N–H and O–H groups in total. The Bertz CT molecular complexity index is 531. The summed E-state index contributed by atoms with van der Waals surface area (Å²) in [5, 5.41) is 10.9. The Morgan fingerprint density at radius 3 is 2.43 bits per heavy atom. The lowest BCUT2D eigenvalue weighted by Crippen LogP contribution is -2.33. The van der Waals surface area contributed by atoms with Crippen molar-refractivity contribution in [3.8, 4) is 5.75 Å². The number of benzene rings is 1. The summed E-state index contributed by atoms with van der Waals surface area (Å²) in [6, 6.07) is 2.53. The third-order valence-corrected chi connectivity index (χ3v) is 4.01. The van der Waals surface area contributed by atoms with Crippen LogP contribution in [0.3, 0.4) is 0 Å². The Balaban J connectivity index is 2.43. The first-order valence-electron chi connectivity index (χ1n) is 6.89. The van der Waals surface area contributed by atoms with Gasteiger partial charge in [0, 0.05) is 5.56 Å². The SMILES string of the molecule is CCC1(Oc2cc(C(=O)[O-])ccc2C(F)(F)F)CCCC1. The van der Waals surface area contributed by atoms with E-state index in [4.69, 9.17) is 4.74 Å². The second-order valence-electron chi connectivity index (χ2n) is 5.34. The molecule has 2 rings (SSSR count). The van der Waals surface area contributed by atoms with Crippen molar-refractivity contribution >= 4 is 5.97 Å². The van der Waals surface area contributed by atoms with E-state index in [1.165, 1.54) is 0 Å². The fraction of sp³-hybridized carbons (Fsp3) is 0.533. The Morgan fingerprint density at radius 1 is 1.33 bits per heavy atom. The molecule has 1 fully saturated rings. The van der Waals surface area contributed by atoms with Gasteiger partial charge < -0.3 is 14.6 Å². The van der Waals surface area contributed by atoms with E-state index in [2.05, 4.69) is 0 Å². The lowest BCUT2D eigenvalue weighted by atomic mass is 9.98. The van der Waals surface area contributed by atoms with E-state index in [0.717, 1.165) is 31.0 Å². The van der Waals surface area contributed by atoms with Gasteiger partial charge in [-0.25, -0.2) is 0 Å². The number of hydrogen-bond acceptors (Lipinski definition) is 3. The number of carboxylic acids is 1. The molecular formula is C15H16F3O3-. The fourth-order valence-electron chi connectivity index (χ4n) is 2.75. The van der Waals surface area contributed by atoms with Crippen molar-refractivity contribution in [2.45, 2.75) is 50.8 Å². The smallest absolute Gasteiger partial charge is 0.419 e. The average molecular weight is 301 g/mol. The minimum absolute atomic E-state index is 0.317. The molecule has 116 valence electrons. The number of ether oxygens (including phenoxy) is 1. The monoisotopic (exact) mass is 301 g/mol. The summed E-state index contributed by atoms with van der Waals surface area (Å²) >= 11 is 0. The highest BCUT2D eigenvalue weighted by Gasteiger charge is 2.39. The van der Waals surface area contributed by atoms with Gasteiger partial charge in [0.2, 0.25) is 0 Å². The van der Waals surface area contributed by atoms with Gasteiger partial charge >= 0.3 is 6.18 Å². The van der Waals surface area contributed by atoms with E-state index in [1.807, 2.05) is 6.92 Å². The van der Waals surface area contributed by atoms with Crippen LogP contribution in [-0.2, 0) is 6.18 Å². The zero-order valence-electron chi connectivity index (χ0n) is 11.6. The second-order valence-corrected chi connectivity index (χ2v) is 5.34.